The number of likely N-dealkylation sites (N-methyl/N-ethyl adjacent to an activating group) is 1. The van der Waals surface area contributed by atoms with Gasteiger partial charge < -0.3 is 10.2 Å². The number of hydrogen-bond acceptors (Lipinski definition) is 3. The average molecular weight is 226 g/mol. The Hall–Kier alpha value is -0.380. The van der Waals surface area contributed by atoms with E-state index in [0.717, 1.165) is 19.6 Å². The molecule has 0 aliphatic carbocycles. The molecule has 0 aliphatic rings. The Labute approximate surface area is 97.3 Å². The van der Waals surface area contributed by atoms with Crippen molar-refractivity contribution in [1.82, 2.24) is 10.2 Å². The van der Waals surface area contributed by atoms with Gasteiger partial charge in [-0.1, -0.05) is 6.92 Å². The van der Waals surface area contributed by atoms with Crippen molar-refractivity contribution < 1.29 is 0 Å². The van der Waals surface area contributed by atoms with Crippen LogP contribution in [0.25, 0.3) is 0 Å². The number of thiophene rings is 1. The summed E-state index contributed by atoms with van der Waals surface area (Å²) in [5.41, 5.74) is 1.41. The van der Waals surface area contributed by atoms with Crippen molar-refractivity contribution in [3.8, 4) is 0 Å². The van der Waals surface area contributed by atoms with E-state index in [4.69, 9.17) is 0 Å². The van der Waals surface area contributed by atoms with Gasteiger partial charge in [-0.3, -0.25) is 0 Å². The van der Waals surface area contributed by atoms with Gasteiger partial charge in [0.25, 0.3) is 0 Å². The smallest absolute Gasteiger partial charge is 0.0389 e. The zero-order chi connectivity index (χ0) is 11.3. The molecule has 0 amide bonds. The minimum atomic E-state index is 0.482. The molecule has 0 aliphatic heterocycles. The minimum absolute atomic E-state index is 0.482. The fourth-order valence-corrected chi connectivity index (χ4v) is 2.51. The second-order valence-electron chi connectivity index (χ2n) is 4.04. The zero-order valence-electron chi connectivity index (χ0n) is 10.2. The summed E-state index contributed by atoms with van der Waals surface area (Å²) >= 11 is 1.85. The van der Waals surface area contributed by atoms with Crippen LogP contribution in [0.4, 0.5) is 0 Å². The number of hydrogen-bond donors (Lipinski definition) is 1. The second kappa shape index (κ2) is 6.26. The lowest BCUT2D eigenvalue weighted by Gasteiger charge is -2.17. The molecule has 1 N–H and O–H groups in total. The Morgan fingerprint density at radius 2 is 2.27 bits per heavy atom. The van der Waals surface area contributed by atoms with E-state index in [2.05, 4.69) is 49.5 Å². The van der Waals surface area contributed by atoms with E-state index in [1.54, 1.807) is 0 Å². The third-order valence-corrected chi connectivity index (χ3v) is 3.98. The molecular weight excluding hydrogens is 204 g/mol. The lowest BCUT2D eigenvalue weighted by Crippen LogP contribution is -2.30. The van der Waals surface area contributed by atoms with E-state index < -0.39 is 0 Å². The van der Waals surface area contributed by atoms with Gasteiger partial charge in [0.15, 0.2) is 0 Å². The molecule has 1 rings (SSSR count). The summed E-state index contributed by atoms with van der Waals surface area (Å²) in [6, 6.07) is 2.67. The summed E-state index contributed by atoms with van der Waals surface area (Å²) in [5, 5.41) is 5.73. The molecule has 1 heterocycles. The fourth-order valence-electron chi connectivity index (χ4n) is 1.55. The van der Waals surface area contributed by atoms with Crippen molar-refractivity contribution >= 4 is 11.3 Å². The lowest BCUT2D eigenvalue weighted by molar-refractivity contribution is 0.342. The summed E-state index contributed by atoms with van der Waals surface area (Å²) in [7, 11) is 2.16. The maximum absolute atomic E-state index is 3.56. The van der Waals surface area contributed by atoms with Gasteiger partial charge in [0.05, 0.1) is 0 Å². The number of aryl methyl sites for hydroxylation is 1. The van der Waals surface area contributed by atoms with Crippen molar-refractivity contribution in [3.63, 3.8) is 0 Å². The number of nitrogens with one attached hydrogen (secondary N) is 1. The van der Waals surface area contributed by atoms with Crippen LogP contribution >= 0.6 is 11.3 Å². The highest BCUT2D eigenvalue weighted by molar-refractivity contribution is 7.10. The monoisotopic (exact) mass is 226 g/mol. The molecule has 0 aromatic carbocycles. The summed E-state index contributed by atoms with van der Waals surface area (Å²) in [6.07, 6.45) is 0. The Balaban J connectivity index is 2.31. The van der Waals surface area contributed by atoms with E-state index in [-0.39, 0.29) is 0 Å². The topological polar surface area (TPSA) is 15.3 Å². The molecule has 2 nitrogen and oxygen atoms in total. The van der Waals surface area contributed by atoms with Crippen LogP contribution in [0.1, 0.15) is 30.3 Å². The van der Waals surface area contributed by atoms with Gasteiger partial charge >= 0.3 is 0 Å². The summed E-state index contributed by atoms with van der Waals surface area (Å²) in [4.78, 5) is 3.79. The summed E-state index contributed by atoms with van der Waals surface area (Å²) in [6.45, 7) is 9.90. The first-order valence-corrected chi connectivity index (χ1v) is 6.49. The number of nitrogens with zero attached hydrogens (tertiary/aromatic N) is 1. The molecule has 0 saturated heterocycles. The largest absolute Gasteiger partial charge is 0.308 e. The van der Waals surface area contributed by atoms with Crippen LogP contribution in [0.15, 0.2) is 11.4 Å². The Bertz CT molecular complexity index is 283. The van der Waals surface area contributed by atoms with Crippen molar-refractivity contribution in [2.45, 2.75) is 26.8 Å². The van der Waals surface area contributed by atoms with E-state index >= 15 is 0 Å². The average Bonchev–Trinajstić information content (AvgIpc) is 2.64. The van der Waals surface area contributed by atoms with Crippen LogP contribution in [0.3, 0.4) is 0 Å². The normalized spacial score (nSPS) is 13.4. The fraction of sp³-hybridized carbons (Fsp3) is 0.667. The SMILES string of the molecule is CCN(C)CCNC(C)c1sccc1C. The van der Waals surface area contributed by atoms with Crippen molar-refractivity contribution in [2.24, 2.45) is 0 Å². The van der Waals surface area contributed by atoms with E-state index in [1.807, 2.05) is 11.3 Å². The van der Waals surface area contributed by atoms with Gasteiger partial charge in [-0.15, -0.1) is 11.3 Å². The molecular formula is C12H22N2S. The molecule has 1 aromatic rings. The van der Waals surface area contributed by atoms with Gasteiger partial charge in [0.1, 0.15) is 0 Å². The maximum atomic E-state index is 3.56. The molecule has 0 radical (unpaired) electrons. The predicted molar refractivity (Wildman–Crippen MR) is 68.6 cm³/mol. The van der Waals surface area contributed by atoms with Crippen molar-refractivity contribution in [1.29, 1.82) is 0 Å². The van der Waals surface area contributed by atoms with Crippen molar-refractivity contribution in [2.75, 3.05) is 26.7 Å². The second-order valence-corrected chi connectivity index (χ2v) is 4.99. The maximum Gasteiger partial charge on any atom is 0.0389 e. The van der Waals surface area contributed by atoms with Crippen LogP contribution in [0.2, 0.25) is 0 Å². The summed E-state index contributed by atoms with van der Waals surface area (Å²) in [5.74, 6) is 0. The molecule has 15 heavy (non-hydrogen) atoms. The van der Waals surface area contributed by atoms with Crippen LogP contribution < -0.4 is 5.32 Å². The minimum Gasteiger partial charge on any atom is -0.308 e. The quantitative estimate of drug-likeness (QED) is 0.802. The highest BCUT2D eigenvalue weighted by Crippen LogP contribution is 2.22. The van der Waals surface area contributed by atoms with Gasteiger partial charge in [-0.05, 0) is 44.4 Å². The zero-order valence-corrected chi connectivity index (χ0v) is 11.0. The third-order valence-electron chi connectivity index (χ3n) is 2.78. The molecule has 1 unspecified atom stereocenters. The van der Waals surface area contributed by atoms with Crippen LogP contribution in [-0.2, 0) is 0 Å². The Morgan fingerprint density at radius 3 is 2.80 bits per heavy atom. The van der Waals surface area contributed by atoms with Crippen LogP contribution in [0.5, 0.6) is 0 Å². The predicted octanol–water partition coefficient (Wildman–Crippen LogP) is 2.66. The van der Waals surface area contributed by atoms with E-state index in [0.29, 0.717) is 6.04 Å². The third kappa shape index (κ3) is 3.93. The summed E-state index contributed by atoms with van der Waals surface area (Å²) < 4.78 is 0. The molecule has 3 heteroatoms. The van der Waals surface area contributed by atoms with E-state index in [9.17, 15) is 0 Å². The molecule has 0 bridgehead atoms. The molecule has 1 aromatic heterocycles. The highest BCUT2D eigenvalue weighted by atomic mass is 32.1. The highest BCUT2D eigenvalue weighted by Gasteiger charge is 2.08. The Morgan fingerprint density at radius 1 is 1.53 bits per heavy atom. The lowest BCUT2D eigenvalue weighted by atomic mass is 10.2. The molecule has 1 atom stereocenters. The standard InChI is InChI=1S/C12H22N2S/c1-5-14(4)8-7-13-11(3)12-10(2)6-9-15-12/h6,9,11,13H,5,7-8H2,1-4H3. The molecule has 86 valence electrons. The van der Waals surface area contributed by atoms with Gasteiger partial charge in [-0.2, -0.15) is 0 Å². The van der Waals surface area contributed by atoms with Gasteiger partial charge in [0.2, 0.25) is 0 Å². The molecule has 0 spiro atoms. The van der Waals surface area contributed by atoms with Crippen LogP contribution in [-0.4, -0.2) is 31.6 Å². The van der Waals surface area contributed by atoms with Crippen LogP contribution in [0, 0.1) is 6.92 Å². The Kier molecular flexibility index (Phi) is 5.29. The van der Waals surface area contributed by atoms with E-state index in [1.165, 1.54) is 10.4 Å². The van der Waals surface area contributed by atoms with Crippen molar-refractivity contribution in [3.05, 3.63) is 21.9 Å². The number of rotatable bonds is 6. The first kappa shape index (κ1) is 12.7. The van der Waals surface area contributed by atoms with Gasteiger partial charge in [0, 0.05) is 24.0 Å². The first-order chi connectivity index (χ1) is 7.15. The molecule has 0 saturated carbocycles. The molecule has 0 fully saturated rings. The van der Waals surface area contributed by atoms with Gasteiger partial charge in [-0.25, -0.2) is 0 Å². The first-order valence-electron chi connectivity index (χ1n) is 5.61.